The molecule has 0 aliphatic rings. The highest BCUT2D eigenvalue weighted by molar-refractivity contribution is 7.93. The number of carbonyl (C=O) groups is 1. The normalized spacial score (nSPS) is 11.1. The molecule has 8 nitrogen and oxygen atoms in total. The van der Waals surface area contributed by atoms with Crippen LogP contribution >= 0.6 is 11.3 Å². The first-order valence-corrected chi connectivity index (χ1v) is 10.2. The fourth-order valence-electron chi connectivity index (χ4n) is 2.30. The first-order chi connectivity index (χ1) is 12.8. The molecule has 140 valence electrons. The van der Waals surface area contributed by atoms with Crippen molar-refractivity contribution in [3.05, 3.63) is 70.1 Å². The van der Waals surface area contributed by atoms with Crippen LogP contribution < -0.4 is 15.6 Å². The molecule has 1 amide bonds. The summed E-state index contributed by atoms with van der Waals surface area (Å²) < 4.78 is 28.2. The van der Waals surface area contributed by atoms with Gasteiger partial charge in [-0.1, -0.05) is 6.07 Å². The third-order valence-corrected chi connectivity index (χ3v) is 5.80. The quantitative estimate of drug-likeness (QED) is 0.653. The van der Waals surface area contributed by atoms with Crippen molar-refractivity contribution >= 4 is 38.1 Å². The molecule has 2 aromatic heterocycles. The number of thiazole rings is 1. The summed E-state index contributed by atoms with van der Waals surface area (Å²) >= 11 is 1.17. The van der Waals surface area contributed by atoms with Gasteiger partial charge in [-0.2, -0.15) is 0 Å². The van der Waals surface area contributed by atoms with E-state index in [0.29, 0.717) is 11.3 Å². The highest BCUT2D eigenvalue weighted by Gasteiger charge is 2.15. The summed E-state index contributed by atoms with van der Waals surface area (Å²) in [5, 5.41) is 4.57. The maximum Gasteiger partial charge on any atom is 0.263 e. The van der Waals surface area contributed by atoms with Gasteiger partial charge >= 0.3 is 0 Å². The van der Waals surface area contributed by atoms with Crippen molar-refractivity contribution in [3.8, 4) is 0 Å². The van der Waals surface area contributed by atoms with Gasteiger partial charge in [-0.25, -0.2) is 13.4 Å². The van der Waals surface area contributed by atoms with Crippen molar-refractivity contribution in [2.75, 3.05) is 10.0 Å². The zero-order valence-electron chi connectivity index (χ0n) is 14.2. The van der Waals surface area contributed by atoms with Crippen molar-refractivity contribution in [1.29, 1.82) is 0 Å². The van der Waals surface area contributed by atoms with Crippen LogP contribution in [0.15, 0.2) is 63.9 Å². The van der Waals surface area contributed by atoms with Crippen LogP contribution in [0.25, 0.3) is 0 Å². The van der Waals surface area contributed by atoms with Crippen molar-refractivity contribution < 1.29 is 13.2 Å². The molecule has 2 N–H and O–H groups in total. The Bertz CT molecular complexity index is 1100. The Kier molecular flexibility index (Phi) is 5.38. The van der Waals surface area contributed by atoms with Gasteiger partial charge in [-0.05, 0) is 37.3 Å². The molecule has 0 bridgehead atoms. The fourth-order valence-corrected chi connectivity index (χ4v) is 4.09. The fraction of sp³-hybridized carbons (Fsp3) is 0.118. The first-order valence-electron chi connectivity index (χ1n) is 7.83. The highest BCUT2D eigenvalue weighted by atomic mass is 32.2. The van der Waals surface area contributed by atoms with Gasteiger partial charge in [0.2, 0.25) is 5.91 Å². The van der Waals surface area contributed by atoms with Gasteiger partial charge < -0.3 is 9.88 Å². The molecular weight excluding hydrogens is 388 g/mol. The molecule has 10 heteroatoms. The number of hydrogen-bond acceptors (Lipinski definition) is 6. The van der Waals surface area contributed by atoms with Gasteiger partial charge in [0.05, 0.1) is 4.90 Å². The van der Waals surface area contributed by atoms with Gasteiger partial charge in [0.1, 0.15) is 6.54 Å². The molecule has 27 heavy (non-hydrogen) atoms. The summed E-state index contributed by atoms with van der Waals surface area (Å²) in [6.07, 6.45) is 3.04. The van der Waals surface area contributed by atoms with Crippen LogP contribution in [-0.2, 0) is 21.4 Å². The van der Waals surface area contributed by atoms with E-state index in [0.717, 1.165) is 0 Å². The second-order valence-electron chi connectivity index (χ2n) is 5.64. The molecule has 1 aromatic carbocycles. The van der Waals surface area contributed by atoms with E-state index in [9.17, 15) is 18.0 Å². The molecule has 0 fully saturated rings. The lowest BCUT2D eigenvalue weighted by Crippen LogP contribution is -2.28. The predicted molar refractivity (Wildman–Crippen MR) is 103 cm³/mol. The summed E-state index contributed by atoms with van der Waals surface area (Å²) in [6.45, 7) is 1.54. The molecule has 0 aliphatic heterocycles. The molecule has 0 aliphatic carbocycles. The van der Waals surface area contributed by atoms with Crippen LogP contribution in [0.4, 0.5) is 10.8 Å². The Balaban J connectivity index is 1.67. The number of amides is 1. The van der Waals surface area contributed by atoms with Gasteiger partial charge in [0, 0.05) is 29.0 Å². The van der Waals surface area contributed by atoms with E-state index in [1.165, 1.54) is 52.6 Å². The molecule has 3 rings (SSSR count). The van der Waals surface area contributed by atoms with Crippen LogP contribution in [0.5, 0.6) is 0 Å². The molecular formula is C17H16N4O4S2. The Labute approximate surface area is 159 Å². The second-order valence-corrected chi connectivity index (χ2v) is 8.22. The molecule has 3 aromatic rings. The largest absolute Gasteiger partial charge is 0.325 e. The van der Waals surface area contributed by atoms with Crippen molar-refractivity contribution in [1.82, 2.24) is 9.55 Å². The molecule has 2 heterocycles. The smallest absolute Gasteiger partial charge is 0.263 e. The summed E-state index contributed by atoms with van der Waals surface area (Å²) in [5.74, 6) is -0.390. The summed E-state index contributed by atoms with van der Waals surface area (Å²) in [5.41, 5.74) is 0.740. The Morgan fingerprint density at radius 2 is 1.96 bits per heavy atom. The monoisotopic (exact) mass is 404 g/mol. The van der Waals surface area contributed by atoms with Crippen LogP contribution in [0.3, 0.4) is 0 Å². The van der Waals surface area contributed by atoms with Gasteiger partial charge in [0.25, 0.3) is 15.6 Å². The number of hydrogen-bond donors (Lipinski definition) is 2. The minimum atomic E-state index is -3.75. The number of pyridine rings is 1. The van der Waals surface area contributed by atoms with Crippen LogP contribution in [-0.4, -0.2) is 23.9 Å². The van der Waals surface area contributed by atoms with E-state index in [1.54, 1.807) is 24.4 Å². The minimum absolute atomic E-state index is 0.0469. The third kappa shape index (κ3) is 4.60. The van der Waals surface area contributed by atoms with Crippen molar-refractivity contribution in [2.24, 2.45) is 0 Å². The molecule has 0 saturated carbocycles. The number of carbonyl (C=O) groups excluding carboxylic acids is 1. The maximum atomic E-state index is 12.3. The standard InChI is InChI=1S/C17H16N4O4S2/c1-12-3-2-9-21(16(12)23)11-15(22)19-13-4-6-14(7-5-13)27(24,25)20-17-18-8-10-26-17/h2-10H,11H2,1H3,(H,18,20)(H,19,22). The van der Waals surface area contributed by atoms with E-state index in [4.69, 9.17) is 0 Å². The topological polar surface area (TPSA) is 110 Å². The number of nitrogens with zero attached hydrogens (tertiary/aromatic N) is 2. The van der Waals surface area contributed by atoms with Gasteiger partial charge in [-0.15, -0.1) is 11.3 Å². The molecule has 0 atom stereocenters. The van der Waals surface area contributed by atoms with E-state index >= 15 is 0 Å². The van der Waals surface area contributed by atoms with E-state index in [2.05, 4.69) is 15.0 Å². The lowest BCUT2D eigenvalue weighted by Gasteiger charge is -2.09. The number of anilines is 2. The van der Waals surface area contributed by atoms with E-state index in [-0.39, 0.29) is 28.0 Å². The number of aromatic nitrogens is 2. The van der Waals surface area contributed by atoms with Crippen LogP contribution in [0, 0.1) is 6.92 Å². The summed E-state index contributed by atoms with van der Waals surface area (Å²) in [6, 6.07) is 9.09. The van der Waals surface area contributed by atoms with Crippen molar-refractivity contribution in [3.63, 3.8) is 0 Å². The maximum absolute atomic E-state index is 12.3. The summed E-state index contributed by atoms with van der Waals surface area (Å²) in [4.78, 5) is 28.0. The Morgan fingerprint density at radius 3 is 2.63 bits per heavy atom. The van der Waals surface area contributed by atoms with E-state index in [1.807, 2.05) is 0 Å². The zero-order chi connectivity index (χ0) is 19.4. The minimum Gasteiger partial charge on any atom is -0.325 e. The Hall–Kier alpha value is -2.98. The lowest BCUT2D eigenvalue weighted by molar-refractivity contribution is -0.116. The highest BCUT2D eigenvalue weighted by Crippen LogP contribution is 2.19. The number of aryl methyl sites for hydroxylation is 1. The lowest BCUT2D eigenvalue weighted by atomic mass is 10.3. The number of benzene rings is 1. The predicted octanol–water partition coefficient (Wildman–Crippen LogP) is 2.05. The van der Waals surface area contributed by atoms with E-state index < -0.39 is 10.0 Å². The number of nitrogens with one attached hydrogen (secondary N) is 2. The third-order valence-electron chi connectivity index (χ3n) is 3.63. The molecule has 0 saturated heterocycles. The summed E-state index contributed by atoms with van der Waals surface area (Å²) in [7, 11) is -3.75. The van der Waals surface area contributed by atoms with Crippen molar-refractivity contribution in [2.45, 2.75) is 18.4 Å². The SMILES string of the molecule is Cc1cccn(CC(=O)Nc2ccc(S(=O)(=O)Nc3nccs3)cc2)c1=O. The molecule has 0 unspecified atom stereocenters. The number of sulfonamides is 1. The van der Waals surface area contributed by atoms with Gasteiger partial charge in [0.15, 0.2) is 5.13 Å². The Morgan fingerprint density at radius 1 is 1.22 bits per heavy atom. The zero-order valence-corrected chi connectivity index (χ0v) is 15.9. The second kappa shape index (κ2) is 7.72. The van der Waals surface area contributed by atoms with Gasteiger partial charge in [-0.3, -0.25) is 14.3 Å². The van der Waals surface area contributed by atoms with Crippen LogP contribution in [0.2, 0.25) is 0 Å². The first kappa shape index (κ1) is 18.8. The molecule has 0 spiro atoms. The average Bonchev–Trinajstić information content (AvgIpc) is 3.12. The number of rotatable bonds is 6. The molecule has 0 radical (unpaired) electrons. The average molecular weight is 404 g/mol. The van der Waals surface area contributed by atoms with Crippen LogP contribution in [0.1, 0.15) is 5.56 Å².